The average Bonchev–Trinajstić information content (AvgIpc) is 2.90. The van der Waals surface area contributed by atoms with Gasteiger partial charge in [-0.05, 0) is 37.9 Å². The van der Waals surface area contributed by atoms with Gasteiger partial charge in [0.15, 0.2) is 0 Å². The highest BCUT2D eigenvalue weighted by Gasteiger charge is 2.50. The minimum Gasteiger partial charge on any atom is -0.353 e. The van der Waals surface area contributed by atoms with Crippen LogP contribution in [0.25, 0.3) is 0 Å². The predicted octanol–water partition coefficient (Wildman–Crippen LogP) is 2.70. The van der Waals surface area contributed by atoms with E-state index in [1.165, 1.54) is 25.7 Å². The molecule has 6 heteroatoms. The molecule has 6 nitrogen and oxygen atoms in total. The van der Waals surface area contributed by atoms with Crippen LogP contribution < -0.4 is 15.8 Å². The highest BCUT2D eigenvalue weighted by molar-refractivity contribution is 5.98. The molecule has 158 valence electrons. The third kappa shape index (κ3) is 4.48. The molecule has 2 amide bonds. The molecule has 29 heavy (non-hydrogen) atoms. The van der Waals surface area contributed by atoms with E-state index >= 15 is 0 Å². The lowest BCUT2D eigenvalue weighted by atomic mass is 9.83. The van der Waals surface area contributed by atoms with E-state index in [-0.39, 0.29) is 35.7 Å². The van der Waals surface area contributed by atoms with Gasteiger partial charge in [-0.2, -0.15) is 0 Å². The largest absolute Gasteiger partial charge is 0.353 e. The number of anilines is 1. The molecule has 2 aliphatic heterocycles. The molecule has 2 N–H and O–H groups in total. The lowest BCUT2D eigenvalue weighted by Crippen LogP contribution is -2.58. The fourth-order valence-corrected chi connectivity index (χ4v) is 5.18. The van der Waals surface area contributed by atoms with Crippen molar-refractivity contribution in [2.75, 3.05) is 24.6 Å². The maximum atomic E-state index is 13.3. The predicted molar refractivity (Wildman–Crippen MR) is 114 cm³/mol. The standard InChI is InChI=1S/C23H34N4O2/c1-2-14-26-15-19(22(28)24-17-10-6-3-4-7-11-17)21-20(16-26)23(29)27(25-21)18-12-8-5-9-13-18/h5,8-9,12-13,17,19-21,25H,2-4,6-7,10-11,14-16H2,1H3,(H,24,28). The van der Waals surface area contributed by atoms with Crippen molar-refractivity contribution >= 4 is 17.5 Å². The molecule has 3 fully saturated rings. The SMILES string of the molecule is CCCN1CC(C(=O)NC2CCCCCC2)C2NN(c3ccccc3)C(=O)C2C1. The molecule has 3 unspecified atom stereocenters. The number of carbonyl (C=O) groups excluding carboxylic acids is 2. The number of amides is 2. The molecule has 4 rings (SSSR count). The van der Waals surface area contributed by atoms with E-state index in [9.17, 15) is 9.59 Å². The molecule has 1 aromatic rings. The number of benzene rings is 1. The molecule has 3 atom stereocenters. The summed E-state index contributed by atoms with van der Waals surface area (Å²) in [7, 11) is 0. The number of carbonyl (C=O) groups is 2. The number of hydrogen-bond acceptors (Lipinski definition) is 4. The van der Waals surface area contributed by atoms with Crippen molar-refractivity contribution in [1.29, 1.82) is 0 Å². The van der Waals surface area contributed by atoms with Gasteiger partial charge in [-0.25, -0.2) is 10.4 Å². The Morgan fingerprint density at radius 2 is 1.83 bits per heavy atom. The fourth-order valence-electron chi connectivity index (χ4n) is 5.18. The van der Waals surface area contributed by atoms with Gasteiger partial charge in [0.1, 0.15) is 0 Å². The van der Waals surface area contributed by atoms with Crippen LogP contribution in [0.4, 0.5) is 5.69 Å². The number of piperidine rings is 1. The topological polar surface area (TPSA) is 64.7 Å². The summed E-state index contributed by atoms with van der Waals surface area (Å²) in [4.78, 5) is 28.8. The zero-order chi connectivity index (χ0) is 20.2. The van der Waals surface area contributed by atoms with E-state index in [2.05, 4.69) is 22.6 Å². The maximum Gasteiger partial charge on any atom is 0.247 e. The van der Waals surface area contributed by atoms with Gasteiger partial charge in [-0.3, -0.25) is 9.59 Å². The Kier molecular flexibility index (Phi) is 6.50. The highest BCUT2D eigenvalue weighted by Crippen LogP contribution is 2.32. The number of nitrogens with zero attached hydrogens (tertiary/aromatic N) is 2. The molecule has 0 bridgehead atoms. The Hall–Kier alpha value is -1.92. The summed E-state index contributed by atoms with van der Waals surface area (Å²) in [6.45, 7) is 4.52. The second-order valence-corrected chi connectivity index (χ2v) is 8.83. The number of nitrogens with one attached hydrogen (secondary N) is 2. The molecule has 1 aromatic carbocycles. The quantitative estimate of drug-likeness (QED) is 0.749. The van der Waals surface area contributed by atoms with E-state index in [0.29, 0.717) is 0 Å². The van der Waals surface area contributed by atoms with Gasteiger partial charge in [0.2, 0.25) is 11.8 Å². The van der Waals surface area contributed by atoms with Crippen LogP contribution in [0, 0.1) is 11.8 Å². The molecule has 0 spiro atoms. The third-order valence-electron chi connectivity index (χ3n) is 6.69. The summed E-state index contributed by atoms with van der Waals surface area (Å²) in [5, 5.41) is 5.00. The second kappa shape index (κ2) is 9.26. The Bertz CT molecular complexity index is 702. The molecule has 3 aliphatic rings. The molecule has 0 radical (unpaired) electrons. The van der Waals surface area contributed by atoms with E-state index in [1.54, 1.807) is 5.01 Å². The Morgan fingerprint density at radius 3 is 2.52 bits per heavy atom. The summed E-state index contributed by atoms with van der Waals surface area (Å²) in [5.41, 5.74) is 4.24. The second-order valence-electron chi connectivity index (χ2n) is 8.83. The van der Waals surface area contributed by atoms with Crippen molar-refractivity contribution in [2.45, 2.75) is 64.0 Å². The first-order valence-electron chi connectivity index (χ1n) is 11.3. The van der Waals surface area contributed by atoms with Crippen molar-refractivity contribution in [2.24, 2.45) is 11.8 Å². The van der Waals surface area contributed by atoms with Gasteiger partial charge in [0, 0.05) is 19.1 Å². The summed E-state index contributed by atoms with van der Waals surface area (Å²) in [6.07, 6.45) is 8.11. The number of rotatable bonds is 5. The number of fused-ring (bicyclic) bond motifs is 1. The van der Waals surface area contributed by atoms with Crippen LogP contribution in [-0.2, 0) is 9.59 Å². The van der Waals surface area contributed by atoms with Crippen LogP contribution >= 0.6 is 0 Å². The molecular formula is C23H34N4O2. The van der Waals surface area contributed by atoms with Crippen LogP contribution in [0.2, 0.25) is 0 Å². The summed E-state index contributed by atoms with van der Waals surface area (Å²) >= 11 is 0. The maximum absolute atomic E-state index is 13.3. The van der Waals surface area contributed by atoms with E-state index in [4.69, 9.17) is 0 Å². The van der Waals surface area contributed by atoms with Crippen LogP contribution in [0.1, 0.15) is 51.9 Å². The fraction of sp³-hybridized carbons (Fsp3) is 0.652. The average molecular weight is 399 g/mol. The van der Waals surface area contributed by atoms with Gasteiger partial charge < -0.3 is 10.2 Å². The van der Waals surface area contributed by atoms with Gasteiger partial charge in [0.05, 0.1) is 23.6 Å². The first-order valence-corrected chi connectivity index (χ1v) is 11.3. The van der Waals surface area contributed by atoms with Crippen molar-refractivity contribution in [1.82, 2.24) is 15.6 Å². The van der Waals surface area contributed by atoms with Crippen LogP contribution in [0.15, 0.2) is 30.3 Å². The van der Waals surface area contributed by atoms with Crippen molar-refractivity contribution in [3.05, 3.63) is 30.3 Å². The monoisotopic (exact) mass is 398 g/mol. The lowest BCUT2D eigenvalue weighted by Gasteiger charge is -2.38. The van der Waals surface area contributed by atoms with Crippen molar-refractivity contribution in [3.63, 3.8) is 0 Å². The van der Waals surface area contributed by atoms with Gasteiger partial charge >= 0.3 is 0 Å². The smallest absolute Gasteiger partial charge is 0.247 e. The van der Waals surface area contributed by atoms with E-state index in [1.807, 2.05) is 30.3 Å². The van der Waals surface area contributed by atoms with Crippen LogP contribution in [0.3, 0.4) is 0 Å². The lowest BCUT2D eigenvalue weighted by molar-refractivity contribution is -0.130. The van der Waals surface area contributed by atoms with E-state index < -0.39 is 0 Å². The molecule has 0 aromatic heterocycles. The molecule has 1 saturated carbocycles. The summed E-state index contributed by atoms with van der Waals surface area (Å²) in [5.74, 6) is -0.196. The van der Waals surface area contributed by atoms with Crippen molar-refractivity contribution < 1.29 is 9.59 Å². The summed E-state index contributed by atoms with van der Waals surface area (Å²) in [6, 6.07) is 9.84. The zero-order valence-electron chi connectivity index (χ0n) is 17.5. The first-order chi connectivity index (χ1) is 14.2. The minimum absolute atomic E-state index is 0.0780. The van der Waals surface area contributed by atoms with Gasteiger partial charge in [0.25, 0.3) is 0 Å². The van der Waals surface area contributed by atoms with Gasteiger partial charge in [-0.15, -0.1) is 0 Å². The Labute approximate surface area is 174 Å². The van der Waals surface area contributed by atoms with Crippen molar-refractivity contribution in [3.8, 4) is 0 Å². The molecule has 1 aliphatic carbocycles. The Balaban J connectivity index is 1.52. The normalized spacial score (nSPS) is 28.8. The van der Waals surface area contributed by atoms with E-state index in [0.717, 1.165) is 44.6 Å². The highest BCUT2D eigenvalue weighted by atomic mass is 16.2. The summed E-state index contributed by atoms with van der Waals surface area (Å²) < 4.78 is 0. The number of para-hydroxylation sites is 1. The minimum atomic E-state index is -0.207. The molecule has 2 saturated heterocycles. The number of hydrogen-bond donors (Lipinski definition) is 2. The third-order valence-corrected chi connectivity index (χ3v) is 6.69. The van der Waals surface area contributed by atoms with Crippen LogP contribution in [0.5, 0.6) is 0 Å². The van der Waals surface area contributed by atoms with Crippen LogP contribution in [-0.4, -0.2) is 48.4 Å². The number of hydrazine groups is 1. The Morgan fingerprint density at radius 1 is 1.10 bits per heavy atom. The first kappa shape index (κ1) is 20.4. The molecular weight excluding hydrogens is 364 g/mol. The number of likely N-dealkylation sites (tertiary alicyclic amines) is 1. The van der Waals surface area contributed by atoms with Gasteiger partial charge in [-0.1, -0.05) is 50.8 Å². The zero-order valence-corrected chi connectivity index (χ0v) is 17.5. The molecule has 2 heterocycles.